The van der Waals surface area contributed by atoms with E-state index < -0.39 is 11.8 Å². The van der Waals surface area contributed by atoms with Gasteiger partial charge in [0.2, 0.25) is 0 Å². The van der Waals surface area contributed by atoms with E-state index >= 15 is 0 Å². The predicted molar refractivity (Wildman–Crippen MR) is 67.1 cm³/mol. The van der Waals surface area contributed by atoms with Gasteiger partial charge in [-0.2, -0.15) is 11.8 Å². The molecule has 0 spiro atoms. The van der Waals surface area contributed by atoms with Crippen LogP contribution >= 0.6 is 11.8 Å². The number of halogens is 1. The Labute approximate surface area is 104 Å². The quantitative estimate of drug-likeness (QED) is 0.842. The Balaban J connectivity index is 2.15. The van der Waals surface area contributed by atoms with E-state index in [0.29, 0.717) is 6.04 Å². The van der Waals surface area contributed by atoms with Crippen LogP contribution in [0.3, 0.4) is 0 Å². The zero-order valence-corrected chi connectivity index (χ0v) is 10.3. The number of ether oxygens (including phenoxy) is 1. The van der Waals surface area contributed by atoms with Gasteiger partial charge in [0.1, 0.15) is 5.82 Å². The summed E-state index contributed by atoms with van der Waals surface area (Å²) >= 11 is 1.89. The molecule has 1 atom stereocenters. The van der Waals surface area contributed by atoms with Crippen LogP contribution in [0.5, 0.6) is 0 Å². The van der Waals surface area contributed by atoms with Crippen LogP contribution in [-0.4, -0.2) is 30.6 Å². The largest absolute Gasteiger partial charge is 0.465 e. The molecule has 1 aliphatic heterocycles. The summed E-state index contributed by atoms with van der Waals surface area (Å²) in [6.07, 6.45) is 1.09. The minimum atomic E-state index is -0.646. The zero-order chi connectivity index (χ0) is 12.3. The molecule has 0 bridgehead atoms. The highest BCUT2D eigenvalue weighted by atomic mass is 32.2. The third-order valence-corrected chi connectivity index (χ3v) is 3.83. The number of methoxy groups -OCH3 is 1. The molecule has 0 saturated carbocycles. The Morgan fingerprint density at radius 3 is 3.06 bits per heavy atom. The summed E-state index contributed by atoms with van der Waals surface area (Å²) in [5.41, 5.74) is 0.738. The summed E-state index contributed by atoms with van der Waals surface area (Å²) < 4.78 is 17.9. The van der Waals surface area contributed by atoms with Gasteiger partial charge in [0.05, 0.1) is 12.7 Å². The Morgan fingerprint density at radius 1 is 1.59 bits per heavy atom. The molecule has 1 aliphatic rings. The van der Waals surface area contributed by atoms with Gasteiger partial charge in [0, 0.05) is 17.5 Å². The summed E-state index contributed by atoms with van der Waals surface area (Å²) in [7, 11) is 1.25. The number of esters is 1. The smallest absolute Gasteiger partial charge is 0.340 e. The third kappa shape index (κ3) is 2.91. The average Bonchev–Trinajstić information content (AvgIpc) is 2.83. The van der Waals surface area contributed by atoms with Gasteiger partial charge in [-0.05, 0) is 30.4 Å². The van der Waals surface area contributed by atoms with Crippen LogP contribution < -0.4 is 5.32 Å². The van der Waals surface area contributed by atoms with Gasteiger partial charge < -0.3 is 10.1 Å². The van der Waals surface area contributed by atoms with E-state index in [4.69, 9.17) is 0 Å². The highest BCUT2D eigenvalue weighted by Crippen LogP contribution is 2.23. The van der Waals surface area contributed by atoms with E-state index in [9.17, 15) is 9.18 Å². The SMILES string of the molecule is COC(=O)c1cc(NC2CCSC2)ccc1F. The summed E-state index contributed by atoms with van der Waals surface area (Å²) in [5, 5.41) is 3.29. The van der Waals surface area contributed by atoms with Crippen molar-refractivity contribution in [1.82, 2.24) is 0 Å². The number of thioether (sulfide) groups is 1. The van der Waals surface area contributed by atoms with Crippen LogP contribution in [0, 0.1) is 5.82 Å². The number of benzene rings is 1. The maximum absolute atomic E-state index is 13.4. The van der Waals surface area contributed by atoms with Crippen LogP contribution in [0.4, 0.5) is 10.1 Å². The average molecular weight is 255 g/mol. The van der Waals surface area contributed by atoms with E-state index in [0.717, 1.165) is 23.6 Å². The van der Waals surface area contributed by atoms with Crippen molar-refractivity contribution < 1.29 is 13.9 Å². The molecule has 1 unspecified atom stereocenters. The molecule has 92 valence electrons. The van der Waals surface area contributed by atoms with E-state index in [1.54, 1.807) is 6.07 Å². The van der Waals surface area contributed by atoms with Crippen molar-refractivity contribution in [3.8, 4) is 0 Å². The van der Waals surface area contributed by atoms with Gasteiger partial charge in [-0.25, -0.2) is 9.18 Å². The number of anilines is 1. The number of nitrogens with one attached hydrogen (secondary N) is 1. The second-order valence-corrected chi connectivity index (χ2v) is 5.04. The van der Waals surface area contributed by atoms with Crippen molar-refractivity contribution in [3.63, 3.8) is 0 Å². The lowest BCUT2D eigenvalue weighted by Gasteiger charge is -2.13. The molecule has 1 N–H and O–H groups in total. The van der Waals surface area contributed by atoms with E-state index in [1.807, 2.05) is 11.8 Å². The van der Waals surface area contributed by atoms with E-state index in [2.05, 4.69) is 10.1 Å². The lowest BCUT2D eigenvalue weighted by atomic mass is 10.1. The molecule has 1 fully saturated rings. The van der Waals surface area contributed by atoms with Gasteiger partial charge in [-0.3, -0.25) is 0 Å². The molecule has 1 aromatic rings. The lowest BCUT2D eigenvalue weighted by molar-refractivity contribution is 0.0595. The number of hydrogen-bond acceptors (Lipinski definition) is 4. The van der Waals surface area contributed by atoms with Crippen LogP contribution in [0.25, 0.3) is 0 Å². The monoisotopic (exact) mass is 255 g/mol. The number of hydrogen-bond donors (Lipinski definition) is 1. The standard InChI is InChI=1S/C12H14FNO2S/c1-16-12(15)10-6-8(2-3-11(10)13)14-9-4-5-17-7-9/h2-3,6,9,14H,4-5,7H2,1H3. The van der Waals surface area contributed by atoms with Crippen molar-refractivity contribution in [2.45, 2.75) is 12.5 Å². The number of rotatable bonds is 3. The minimum Gasteiger partial charge on any atom is -0.465 e. The maximum atomic E-state index is 13.4. The normalized spacial score (nSPS) is 19.1. The summed E-state index contributed by atoms with van der Waals surface area (Å²) in [5.74, 6) is 0.989. The molecule has 1 heterocycles. The molecule has 5 heteroatoms. The number of carbonyl (C=O) groups excluding carboxylic acids is 1. The summed E-state index contributed by atoms with van der Waals surface area (Å²) in [6, 6.07) is 4.84. The second kappa shape index (κ2) is 5.40. The van der Waals surface area contributed by atoms with Crippen molar-refractivity contribution in [3.05, 3.63) is 29.6 Å². The summed E-state index contributed by atoms with van der Waals surface area (Å²) in [4.78, 5) is 11.3. The molecule has 2 rings (SSSR count). The fourth-order valence-corrected chi connectivity index (χ4v) is 2.92. The molecule has 0 amide bonds. The second-order valence-electron chi connectivity index (χ2n) is 3.89. The van der Waals surface area contributed by atoms with Gasteiger partial charge in [-0.1, -0.05) is 0 Å². The Kier molecular flexibility index (Phi) is 3.89. The molecular formula is C12H14FNO2S. The fraction of sp³-hybridized carbons (Fsp3) is 0.417. The first-order valence-corrected chi connectivity index (χ1v) is 6.58. The lowest BCUT2D eigenvalue weighted by Crippen LogP contribution is -2.18. The molecule has 1 aromatic carbocycles. The van der Waals surface area contributed by atoms with Gasteiger partial charge in [0.25, 0.3) is 0 Å². The summed E-state index contributed by atoms with van der Waals surface area (Å²) in [6.45, 7) is 0. The van der Waals surface area contributed by atoms with Gasteiger partial charge in [0.15, 0.2) is 0 Å². The molecule has 3 nitrogen and oxygen atoms in total. The zero-order valence-electron chi connectivity index (χ0n) is 9.53. The van der Waals surface area contributed by atoms with Crippen molar-refractivity contribution >= 4 is 23.4 Å². The van der Waals surface area contributed by atoms with E-state index in [1.165, 1.54) is 19.2 Å². The van der Waals surface area contributed by atoms with Crippen LogP contribution in [0.1, 0.15) is 16.8 Å². The van der Waals surface area contributed by atoms with Crippen LogP contribution in [0.15, 0.2) is 18.2 Å². The maximum Gasteiger partial charge on any atom is 0.340 e. The Hall–Kier alpha value is -1.23. The molecule has 0 aliphatic carbocycles. The first-order valence-electron chi connectivity index (χ1n) is 5.43. The first-order chi connectivity index (χ1) is 8.20. The van der Waals surface area contributed by atoms with Crippen molar-refractivity contribution in [1.29, 1.82) is 0 Å². The molecular weight excluding hydrogens is 241 g/mol. The molecule has 17 heavy (non-hydrogen) atoms. The Morgan fingerprint density at radius 2 is 2.41 bits per heavy atom. The molecule has 0 radical (unpaired) electrons. The topological polar surface area (TPSA) is 38.3 Å². The molecule has 1 saturated heterocycles. The first kappa shape index (κ1) is 12.2. The van der Waals surface area contributed by atoms with Crippen LogP contribution in [-0.2, 0) is 4.74 Å². The Bertz CT molecular complexity index is 419. The highest BCUT2D eigenvalue weighted by molar-refractivity contribution is 7.99. The van der Waals surface area contributed by atoms with Crippen LogP contribution in [0.2, 0.25) is 0 Å². The molecule has 0 aromatic heterocycles. The fourth-order valence-electron chi connectivity index (χ4n) is 1.77. The van der Waals surface area contributed by atoms with Crippen molar-refractivity contribution in [2.24, 2.45) is 0 Å². The predicted octanol–water partition coefficient (Wildman–Crippen LogP) is 2.53. The number of carbonyl (C=O) groups is 1. The van der Waals surface area contributed by atoms with Crippen molar-refractivity contribution in [2.75, 3.05) is 23.9 Å². The third-order valence-electron chi connectivity index (χ3n) is 2.67. The van der Waals surface area contributed by atoms with E-state index in [-0.39, 0.29) is 5.56 Å². The van der Waals surface area contributed by atoms with Gasteiger partial charge in [-0.15, -0.1) is 0 Å². The minimum absolute atomic E-state index is 0.0249. The highest BCUT2D eigenvalue weighted by Gasteiger charge is 2.17. The van der Waals surface area contributed by atoms with Gasteiger partial charge >= 0.3 is 5.97 Å².